The highest BCUT2D eigenvalue weighted by molar-refractivity contribution is 7.88. The molecule has 0 spiro atoms. The first-order chi connectivity index (χ1) is 12.3. The van der Waals surface area contributed by atoms with Crippen LogP contribution in [0.3, 0.4) is 0 Å². The summed E-state index contributed by atoms with van der Waals surface area (Å²) in [5.41, 5.74) is 2.85. The molecule has 0 saturated heterocycles. The van der Waals surface area contributed by atoms with Crippen molar-refractivity contribution in [2.45, 2.75) is 20.4 Å². The largest absolute Gasteiger partial charge is 0.344 e. The fourth-order valence-corrected chi connectivity index (χ4v) is 3.71. The number of anilines is 1. The van der Waals surface area contributed by atoms with Crippen molar-refractivity contribution in [2.75, 3.05) is 5.32 Å². The third kappa shape index (κ3) is 4.00. The molecule has 0 atom stereocenters. The van der Waals surface area contributed by atoms with Gasteiger partial charge in [0.05, 0.1) is 17.8 Å². The third-order valence-corrected chi connectivity index (χ3v) is 5.25. The smallest absolute Gasteiger partial charge is 0.322 e. The SMILES string of the molecule is CC1=NS(=O)(=O)N(Cc2ccccc2)C=C1C(=O)Nc1cccc(C)c1. The van der Waals surface area contributed by atoms with Gasteiger partial charge in [-0.05, 0) is 37.1 Å². The van der Waals surface area contributed by atoms with Gasteiger partial charge in [0.1, 0.15) is 0 Å². The van der Waals surface area contributed by atoms with E-state index in [1.807, 2.05) is 55.5 Å². The molecule has 1 N–H and O–H groups in total. The van der Waals surface area contributed by atoms with Gasteiger partial charge in [-0.1, -0.05) is 42.5 Å². The molecule has 134 valence electrons. The Kier molecular flexibility index (Phi) is 4.90. The topological polar surface area (TPSA) is 78.8 Å². The van der Waals surface area contributed by atoms with Crippen molar-refractivity contribution < 1.29 is 13.2 Å². The van der Waals surface area contributed by atoms with E-state index in [0.29, 0.717) is 5.69 Å². The molecule has 0 aromatic heterocycles. The number of amides is 1. The monoisotopic (exact) mass is 369 g/mol. The van der Waals surface area contributed by atoms with Crippen molar-refractivity contribution in [1.29, 1.82) is 0 Å². The Hall–Kier alpha value is -2.93. The summed E-state index contributed by atoms with van der Waals surface area (Å²) in [5, 5.41) is 2.79. The second kappa shape index (κ2) is 7.13. The Labute approximate surface area is 153 Å². The van der Waals surface area contributed by atoms with E-state index >= 15 is 0 Å². The van der Waals surface area contributed by atoms with Crippen LogP contribution < -0.4 is 5.32 Å². The summed E-state index contributed by atoms with van der Waals surface area (Å²) in [5.74, 6) is -0.398. The second-order valence-electron chi connectivity index (χ2n) is 6.05. The first kappa shape index (κ1) is 17.9. The predicted molar refractivity (Wildman–Crippen MR) is 102 cm³/mol. The minimum atomic E-state index is -3.85. The van der Waals surface area contributed by atoms with Crippen molar-refractivity contribution in [3.8, 4) is 0 Å². The molecular formula is C19H19N3O3S. The molecule has 0 aliphatic carbocycles. The second-order valence-corrected chi connectivity index (χ2v) is 7.60. The van der Waals surface area contributed by atoms with E-state index in [1.54, 1.807) is 6.07 Å². The maximum atomic E-state index is 12.6. The number of hydrogen-bond acceptors (Lipinski definition) is 3. The lowest BCUT2D eigenvalue weighted by atomic mass is 10.1. The number of nitrogens with zero attached hydrogens (tertiary/aromatic N) is 2. The van der Waals surface area contributed by atoms with Crippen LogP contribution in [0, 0.1) is 6.92 Å². The number of carbonyl (C=O) groups is 1. The summed E-state index contributed by atoms with van der Waals surface area (Å²) in [4.78, 5) is 12.6. The molecule has 7 heteroatoms. The number of benzene rings is 2. The van der Waals surface area contributed by atoms with Crippen LogP contribution >= 0.6 is 0 Å². The van der Waals surface area contributed by atoms with Crippen LogP contribution in [0.4, 0.5) is 5.69 Å². The maximum absolute atomic E-state index is 12.6. The minimum Gasteiger partial charge on any atom is -0.322 e. The van der Waals surface area contributed by atoms with Crippen LogP contribution in [0.25, 0.3) is 0 Å². The Morgan fingerprint density at radius 3 is 2.50 bits per heavy atom. The van der Waals surface area contributed by atoms with Gasteiger partial charge in [0, 0.05) is 11.9 Å². The molecule has 1 aliphatic rings. The van der Waals surface area contributed by atoms with Crippen LogP contribution in [0.15, 0.2) is 70.8 Å². The number of rotatable bonds is 4. The molecule has 6 nitrogen and oxygen atoms in total. The lowest BCUT2D eigenvalue weighted by molar-refractivity contribution is -0.112. The molecule has 0 fully saturated rings. The molecule has 2 aromatic rings. The molecule has 1 heterocycles. The minimum absolute atomic E-state index is 0.112. The number of hydrogen-bond donors (Lipinski definition) is 1. The zero-order valence-electron chi connectivity index (χ0n) is 14.5. The van der Waals surface area contributed by atoms with Gasteiger partial charge in [0.25, 0.3) is 5.91 Å². The highest BCUT2D eigenvalue weighted by Crippen LogP contribution is 2.21. The highest BCUT2D eigenvalue weighted by atomic mass is 32.2. The van der Waals surface area contributed by atoms with Crippen LogP contribution in [-0.4, -0.2) is 24.3 Å². The summed E-state index contributed by atoms with van der Waals surface area (Å²) in [6.45, 7) is 3.55. The van der Waals surface area contributed by atoms with Gasteiger partial charge >= 0.3 is 10.2 Å². The fourth-order valence-electron chi connectivity index (χ4n) is 2.61. The van der Waals surface area contributed by atoms with E-state index in [-0.39, 0.29) is 17.8 Å². The predicted octanol–water partition coefficient (Wildman–Crippen LogP) is 3.04. The molecule has 0 radical (unpaired) electrons. The van der Waals surface area contributed by atoms with Crippen LogP contribution in [-0.2, 0) is 21.5 Å². The Bertz CT molecular complexity index is 996. The van der Waals surface area contributed by atoms with Crippen LogP contribution in [0.1, 0.15) is 18.1 Å². The quantitative estimate of drug-likeness (QED) is 0.900. The molecule has 1 aliphatic heterocycles. The summed E-state index contributed by atoms with van der Waals surface area (Å²) in [7, 11) is -3.85. The number of carbonyl (C=O) groups excluding carboxylic acids is 1. The van der Waals surface area contributed by atoms with Crippen molar-refractivity contribution in [2.24, 2.45) is 4.40 Å². The Morgan fingerprint density at radius 1 is 1.08 bits per heavy atom. The highest BCUT2D eigenvalue weighted by Gasteiger charge is 2.28. The summed E-state index contributed by atoms with van der Waals surface area (Å²) in [6, 6.07) is 16.5. The van der Waals surface area contributed by atoms with E-state index in [1.165, 1.54) is 13.1 Å². The summed E-state index contributed by atoms with van der Waals surface area (Å²) in [6.07, 6.45) is 1.34. The zero-order chi connectivity index (χ0) is 18.7. The Balaban J connectivity index is 1.87. The third-order valence-electron chi connectivity index (χ3n) is 3.91. The lowest BCUT2D eigenvalue weighted by Crippen LogP contribution is -2.32. The summed E-state index contributed by atoms with van der Waals surface area (Å²) >= 11 is 0. The molecule has 2 aromatic carbocycles. The molecule has 3 rings (SSSR count). The van der Waals surface area contributed by atoms with E-state index in [4.69, 9.17) is 0 Å². The number of aryl methyl sites for hydroxylation is 1. The van der Waals surface area contributed by atoms with Gasteiger partial charge in [0.15, 0.2) is 0 Å². The van der Waals surface area contributed by atoms with Gasteiger partial charge < -0.3 is 5.32 Å². The first-order valence-electron chi connectivity index (χ1n) is 8.07. The van der Waals surface area contributed by atoms with Gasteiger partial charge in [-0.15, -0.1) is 4.40 Å². The zero-order valence-corrected chi connectivity index (χ0v) is 15.3. The molecular weight excluding hydrogens is 350 g/mol. The standard InChI is InChI=1S/C19H19N3O3S/c1-14-7-6-10-17(11-14)20-19(23)18-13-22(26(24,25)21-15(18)2)12-16-8-4-3-5-9-16/h3-11,13H,12H2,1-2H3,(H,20,23). The fraction of sp³-hybridized carbons (Fsp3) is 0.158. The van der Waals surface area contributed by atoms with Gasteiger partial charge in [-0.25, -0.2) is 0 Å². The summed E-state index contributed by atoms with van der Waals surface area (Å²) < 4.78 is 29.5. The molecule has 0 saturated carbocycles. The lowest BCUT2D eigenvalue weighted by Gasteiger charge is -2.23. The molecule has 0 unspecified atom stereocenters. The normalized spacial score (nSPS) is 15.8. The van der Waals surface area contributed by atoms with E-state index < -0.39 is 16.1 Å². The molecule has 0 bridgehead atoms. The average molecular weight is 369 g/mol. The number of nitrogens with one attached hydrogen (secondary N) is 1. The van der Waals surface area contributed by atoms with Gasteiger partial charge in [0.2, 0.25) is 0 Å². The Morgan fingerprint density at radius 2 is 1.81 bits per heavy atom. The van der Waals surface area contributed by atoms with Crippen molar-refractivity contribution in [3.63, 3.8) is 0 Å². The van der Waals surface area contributed by atoms with Crippen LogP contribution in [0.2, 0.25) is 0 Å². The maximum Gasteiger partial charge on any atom is 0.344 e. The molecule has 1 amide bonds. The van der Waals surface area contributed by atoms with Crippen molar-refractivity contribution in [1.82, 2.24) is 4.31 Å². The van der Waals surface area contributed by atoms with E-state index in [9.17, 15) is 13.2 Å². The average Bonchev–Trinajstić information content (AvgIpc) is 2.57. The van der Waals surface area contributed by atoms with Crippen molar-refractivity contribution in [3.05, 3.63) is 77.5 Å². The van der Waals surface area contributed by atoms with E-state index in [2.05, 4.69) is 9.71 Å². The van der Waals surface area contributed by atoms with Gasteiger partial charge in [-0.3, -0.25) is 9.10 Å². The van der Waals surface area contributed by atoms with Gasteiger partial charge in [-0.2, -0.15) is 8.42 Å². The van der Waals surface area contributed by atoms with Crippen LogP contribution in [0.5, 0.6) is 0 Å². The van der Waals surface area contributed by atoms with Crippen molar-refractivity contribution >= 4 is 27.5 Å². The first-order valence-corrected chi connectivity index (χ1v) is 9.47. The van der Waals surface area contributed by atoms with E-state index in [0.717, 1.165) is 15.4 Å². The molecule has 26 heavy (non-hydrogen) atoms.